The second kappa shape index (κ2) is 8.77. The molecule has 28 heavy (non-hydrogen) atoms. The highest BCUT2D eigenvalue weighted by atomic mass is 19.4. The molecule has 0 saturated carbocycles. The third-order valence-electron chi connectivity index (χ3n) is 4.05. The predicted octanol–water partition coefficient (Wildman–Crippen LogP) is 3.80. The minimum atomic E-state index is -4.41. The van der Waals surface area contributed by atoms with E-state index >= 15 is 0 Å². The first-order valence-electron chi connectivity index (χ1n) is 8.62. The van der Waals surface area contributed by atoms with Crippen molar-refractivity contribution >= 4 is 23.2 Å². The van der Waals surface area contributed by atoms with Gasteiger partial charge in [-0.05, 0) is 56.2 Å². The van der Waals surface area contributed by atoms with Gasteiger partial charge in [-0.2, -0.15) is 13.2 Å². The molecule has 0 unspecified atom stereocenters. The molecule has 0 aliphatic carbocycles. The van der Waals surface area contributed by atoms with Crippen molar-refractivity contribution in [2.75, 3.05) is 23.7 Å². The molecular formula is C20H22F3N3O2. The quantitative estimate of drug-likeness (QED) is 0.699. The number of aryl methyl sites for hydroxylation is 3. The molecule has 2 amide bonds. The monoisotopic (exact) mass is 393 g/mol. The number of alkyl halides is 3. The third kappa shape index (κ3) is 6.00. The summed E-state index contributed by atoms with van der Waals surface area (Å²) in [5.74, 6) is -0.815. The first-order chi connectivity index (χ1) is 13.1. The van der Waals surface area contributed by atoms with E-state index in [0.717, 1.165) is 28.8 Å². The Balaban J connectivity index is 1.80. The number of rotatable bonds is 6. The minimum Gasteiger partial charge on any atom is -0.376 e. The van der Waals surface area contributed by atoms with Crippen LogP contribution >= 0.6 is 0 Å². The molecule has 2 rings (SSSR count). The van der Waals surface area contributed by atoms with Gasteiger partial charge in [0.2, 0.25) is 11.8 Å². The molecule has 0 spiro atoms. The molecule has 2 aromatic rings. The summed E-state index contributed by atoms with van der Waals surface area (Å²) in [6, 6.07) is 8.25. The van der Waals surface area contributed by atoms with Crippen LogP contribution in [-0.4, -0.2) is 24.9 Å². The van der Waals surface area contributed by atoms with Crippen LogP contribution in [0.5, 0.6) is 0 Å². The number of nitrogens with one attached hydrogen (secondary N) is 3. The topological polar surface area (TPSA) is 70.2 Å². The lowest BCUT2D eigenvalue weighted by atomic mass is 10.1. The summed E-state index contributed by atoms with van der Waals surface area (Å²) in [7, 11) is 0. The van der Waals surface area contributed by atoms with Crippen LogP contribution in [-0.2, 0) is 15.8 Å². The molecule has 0 radical (unpaired) electrons. The third-order valence-corrected chi connectivity index (χ3v) is 4.05. The summed E-state index contributed by atoms with van der Waals surface area (Å²) in [6.07, 6.45) is -4.41. The molecule has 0 bridgehead atoms. The van der Waals surface area contributed by atoms with E-state index in [4.69, 9.17) is 0 Å². The van der Waals surface area contributed by atoms with E-state index in [1.165, 1.54) is 12.1 Å². The van der Waals surface area contributed by atoms with E-state index in [1.807, 2.05) is 32.9 Å². The van der Waals surface area contributed by atoms with Crippen LogP contribution in [0.3, 0.4) is 0 Å². The second-order valence-corrected chi connectivity index (χ2v) is 6.53. The number of benzene rings is 2. The summed E-state index contributed by atoms with van der Waals surface area (Å²) in [4.78, 5) is 23.9. The van der Waals surface area contributed by atoms with Gasteiger partial charge in [-0.15, -0.1) is 0 Å². The molecular weight excluding hydrogens is 371 g/mol. The molecule has 0 aliphatic rings. The zero-order chi connectivity index (χ0) is 20.9. The average molecular weight is 393 g/mol. The van der Waals surface area contributed by atoms with Crippen molar-refractivity contribution in [2.45, 2.75) is 26.9 Å². The Labute approximate surface area is 161 Å². The Morgan fingerprint density at radius 2 is 1.46 bits per heavy atom. The van der Waals surface area contributed by atoms with Gasteiger partial charge in [0.1, 0.15) is 0 Å². The lowest BCUT2D eigenvalue weighted by molar-refractivity contribution is -0.137. The second-order valence-electron chi connectivity index (χ2n) is 6.53. The lowest BCUT2D eigenvalue weighted by Gasteiger charge is -2.13. The Bertz CT molecular complexity index is 839. The molecule has 0 aromatic heterocycles. The number of halogens is 3. The number of amides is 2. The van der Waals surface area contributed by atoms with E-state index < -0.39 is 17.6 Å². The van der Waals surface area contributed by atoms with Crippen LogP contribution in [0.15, 0.2) is 36.4 Å². The maximum Gasteiger partial charge on any atom is 0.416 e. The number of carbonyl (C=O) groups is 2. The molecule has 0 aliphatic heterocycles. The smallest absolute Gasteiger partial charge is 0.376 e. The van der Waals surface area contributed by atoms with Crippen LogP contribution in [0.1, 0.15) is 22.3 Å². The molecule has 0 atom stereocenters. The van der Waals surface area contributed by atoms with E-state index in [-0.39, 0.29) is 19.0 Å². The molecule has 0 heterocycles. The van der Waals surface area contributed by atoms with Gasteiger partial charge in [0.05, 0.1) is 18.7 Å². The van der Waals surface area contributed by atoms with Crippen molar-refractivity contribution in [3.8, 4) is 0 Å². The highest BCUT2D eigenvalue weighted by Gasteiger charge is 2.29. The van der Waals surface area contributed by atoms with Gasteiger partial charge in [0, 0.05) is 11.4 Å². The Morgan fingerprint density at radius 3 is 2.00 bits per heavy atom. The van der Waals surface area contributed by atoms with Crippen molar-refractivity contribution in [3.05, 3.63) is 58.7 Å². The van der Waals surface area contributed by atoms with Crippen LogP contribution in [0.4, 0.5) is 24.5 Å². The van der Waals surface area contributed by atoms with Crippen molar-refractivity contribution < 1.29 is 22.8 Å². The fourth-order valence-corrected chi connectivity index (χ4v) is 2.76. The standard InChI is InChI=1S/C20H22F3N3O2/c1-12-8-13(2)19(14(3)9-12)26-18(28)11-25-17(27)10-24-16-6-4-15(5-7-16)20(21,22)23/h4-9,24H,10-11H2,1-3H3,(H,25,27)(H,26,28). The van der Waals surface area contributed by atoms with Crippen molar-refractivity contribution in [3.63, 3.8) is 0 Å². The number of anilines is 2. The van der Waals surface area contributed by atoms with Gasteiger partial charge < -0.3 is 16.0 Å². The lowest BCUT2D eigenvalue weighted by Crippen LogP contribution is -2.36. The number of hydrogen-bond donors (Lipinski definition) is 3. The van der Waals surface area contributed by atoms with Crippen LogP contribution < -0.4 is 16.0 Å². The number of carbonyl (C=O) groups excluding carboxylic acids is 2. The van der Waals surface area contributed by atoms with Crippen molar-refractivity contribution in [2.24, 2.45) is 0 Å². The molecule has 8 heteroatoms. The van der Waals surface area contributed by atoms with Crippen molar-refractivity contribution in [1.82, 2.24) is 5.32 Å². The fourth-order valence-electron chi connectivity index (χ4n) is 2.76. The zero-order valence-electron chi connectivity index (χ0n) is 15.8. The predicted molar refractivity (Wildman–Crippen MR) is 102 cm³/mol. The normalized spacial score (nSPS) is 11.1. The summed E-state index contributed by atoms with van der Waals surface area (Å²) in [5, 5.41) is 7.95. The van der Waals surface area contributed by atoms with Crippen LogP contribution in [0.25, 0.3) is 0 Å². The van der Waals surface area contributed by atoms with E-state index in [9.17, 15) is 22.8 Å². The highest BCUT2D eigenvalue weighted by molar-refractivity contribution is 5.96. The molecule has 5 nitrogen and oxygen atoms in total. The molecule has 0 fully saturated rings. The van der Waals surface area contributed by atoms with E-state index in [0.29, 0.717) is 11.4 Å². The van der Waals surface area contributed by atoms with Gasteiger partial charge in [-0.1, -0.05) is 17.7 Å². The van der Waals surface area contributed by atoms with Gasteiger partial charge >= 0.3 is 6.18 Å². The van der Waals surface area contributed by atoms with Gasteiger partial charge in [-0.25, -0.2) is 0 Å². The first kappa shape index (κ1) is 21.3. The van der Waals surface area contributed by atoms with E-state index in [2.05, 4.69) is 16.0 Å². The van der Waals surface area contributed by atoms with Gasteiger partial charge in [0.15, 0.2) is 0 Å². The maximum absolute atomic E-state index is 12.5. The average Bonchev–Trinajstić information content (AvgIpc) is 2.60. The van der Waals surface area contributed by atoms with Gasteiger partial charge in [0.25, 0.3) is 0 Å². The SMILES string of the molecule is Cc1cc(C)c(NC(=O)CNC(=O)CNc2ccc(C(F)(F)F)cc2)c(C)c1. The van der Waals surface area contributed by atoms with Gasteiger partial charge in [-0.3, -0.25) is 9.59 Å². The number of hydrogen-bond acceptors (Lipinski definition) is 3. The Hall–Kier alpha value is -3.03. The highest BCUT2D eigenvalue weighted by Crippen LogP contribution is 2.29. The molecule has 150 valence electrons. The van der Waals surface area contributed by atoms with Crippen LogP contribution in [0.2, 0.25) is 0 Å². The van der Waals surface area contributed by atoms with E-state index in [1.54, 1.807) is 0 Å². The summed E-state index contributed by atoms with van der Waals surface area (Å²) < 4.78 is 37.5. The fraction of sp³-hybridized carbons (Fsp3) is 0.300. The summed E-state index contributed by atoms with van der Waals surface area (Å²) in [6.45, 7) is 5.38. The Kier molecular flexibility index (Phi) is 6.66. The Morgan fingerprint density at radius 1 is 0.893 bits per heavy atom. The first-order valence-corrected chi connectivity index (χ1v) is 8.62. The minimum absolute atomic E-state index is 0.165. The molecule has 3 N–H and O–H groups in total. The summed E-state index contributed by atoms with van der Waals surface area (Å²) in [5.41, 5.74) is 3.28. The zero-order valence-corrected chi connectivity index (χ0v) is 15.8. The summed E-state index contributed by atoms with van der Waals surface area (Å²) >= 11 is 0. The molecule has 0 saturated heterocycles. The largest absolute Gasteiger partial charge is 0.416 e. The van der Waals surface area contributed by atoms with Crippen LogP contribution in [0, 0.1) is 20.8 Å². The maximum atomic E-state index is 12.5. The van der Waals surface area contributed by atoms with Crippen molar-refractivity contribution in [1.29, 1.82) is 0 Å². The molecule has 2 aromatic carbocycles.